The Morgan fingerprint density at radius 3 is 2.75 bits per heavy atom. The first-order valence-corrected chi connectivity index (χ1v) is 7.13. The average Bonchev–Trinajstić information content (AvgIpc) is 2.47. The molecule has 106 valence electrons. The summed E-state index contributed by atoms with van der Waals surface area (Å²) in [6, 6.07) is 14.2. The van der Waals surface area contributed by atoms with Crippen LogP contribution in [-0.4, -0.2) is 12.7 Å². The highest BCUT2D eigenvalue weighted by molar-refractivity contribution is 5.86. The maximum atomic E-state index is 11.7. The lowest BCUT2D eigenvalue weighted by Crippen LogP contribution is -2.27. The molecule has 2 aromatic carbocycles. The molecule has 1 atom stereocenters. The molecule has 0 heterocycles. The molecule has 0 bridgehead atoms. The molecule has 3 nitrogen and oxygen atoms in total. The number of hydrogen-bond donors (Lipinski definition) is 1. The molecule has 2 aromatic rings. The fourth-order valence-electron chi connectivity index (χ4n) is 2.23. The zero-order valence-corrected chi connectivity index (χ0v) is 12.1. The van der Waals surface area contributed by atoms with E-state index in [-0.39, 0.29) is 12.1 Å². The number of alkyl carbamates (subject to hydrolysis) is 1. The van der Waals surface area contributed by atoms with Crippen molar-refractivity contribution < 1.29 is 9.53 Å². The van der Waals surface area contributed by atoms with Crippen molar-refractivity contribution in [1.29, 1.82) is 0 Å². The number of amides is 1. The highest BCUT2D eigenvalue weighted by Crippen LogP contribution is 2.23. The normalized spacial score (nSPS) is 12.1. The summed E-state index contributed by atoms with van der Waals surface area (Å²) >= 11 is 0. The molecule has 0 aliphatic carbocycles. The molecule has 0 spiro atoms. The SMILES string of the molecule is CCCCOC(=O)N[C@H](C)c1cccc2ccccc12. The van der Waals surface area contributed by atoms with E-state index in [1.54, 1.807) is 0 Å². The third kappa shape index (κ3) is 3.50. The minimum absolute atomic E-state index is 0.0739. The van der Waals surface area contributed by atoms with Crippen LogP contribution in [0.1, 0.15) is 38.3 Å². The summed E-state index contributed by atoms with van der Waals surface area (Å²) in [5.41, 5.74) is 1.11. The lowest BCUT2D eigenvalue weighted by Gasteiger charge is -2.16. The van der Waals surface area contributed by atoms with Crippen LogP contribution in [0.5, 0.6) is 0 Å². The Labute approximate surface area is 119 Å². The second kappa shape index (κ2) is 6.94. The third-order valence-electron chi connectivity index (χ3n) is 3.36. The third-order valence-corrected chi connectivity index (χ3v) is 3.36. The molecule has 0 aliphatic rings. The van der Waals surface area contributed by atoms with Crippen molar-refractivity contribution in [2.45, 2.75) is 32.7 Å². The van der Waals surface area contributed by atoms with Gasteiger partial charge in [0.15, 0.2) is 0 Å². The van der Waals surface area contributed by atoms with E-state index in [0.29, 0.717) is 6.61 Å². The molecule has 20 heavy (non-hydrogen) atoms. The summed E-state index contributed by atoms with van der Waals surface area (Å²) < 4.78 is 5.14. The van der Waals surface area contributed by atoms with Gasteiger partial charge in [0.1, 0.15) is 0 Å². The van der Waals surface area contributed by atoms with Gasteiger partial charge in [-0.25, -0.2) is 4.79 Å². The van der Waals surface area contributed by atoms with Gasteiger partial charge in [0, 0.05) is 0 Å². The van der Waals surface area contributed by atoms with E-state index in [9.17, 15) is 4.79 Å². The standard InChI is InChI=1S/C17H21NO2/c1-3-4-12-20-17(19)18-13(2)15-11-7-9-14-8-5-6-10-16(14)15/h5-11,13H,3-4,12H2,1-2H3,(H,18,19)/t13-/m1/s1. The van der Waals surface area contributed by atoms with Crippen molar-refractivity contribution >= 4 is 16.9 Å². The van der Waals surface area contributed by atoms with E-state index in [4.69, 9.17) is 4.74 Å². The number of benzene rings is 2. The van der Waals surface area contributed by atoms with Crippen LogP contribution in [0, 0.1) is 0 Å². The fraction of sp³-hybridized carbons (Fsp3) is 0.353. The van der Waals surface area contributed by atoms with Crippen molar-refractivity contribution in [3.05, 3.63) is 48.0 Å². The Bertz CT molecular complexity index is 575. The maximum Gasteiger partial charge on any atom is 0.407 e. The number of carbonyl (C=O) groups is 1. The summed E-state index contributed by atoms with van der Waals surface area (Å²) in [6.07, 6.45) is 1.57. The van der Waals surface area contributed by atoms with Crippen LogP contribution in [0.2, 0.25) is 0 Å². The second-order valence-electron chi connectivity index (χ2n) is 4.92. The predicted octanol–water partition coefficient (Wildman–Crippen LogP) is 4.43. The van der Waals surface area contributed by atoms with Gasteiger partial charge in [0.05, 0.1) is 12.6 Å². The second-order valence-corrected chi connectivity index (χ2v) is 4.92. The Hall–Kier alpha value is -2.03. The van der Waals surface area contributed by atoms with E-state index < -0.39 is 0 Å². The van der Waals surface area contributed by atoms with Gasteiger partial charge in [0.25, 0.3) is 0 Å². The van der Waals surface area contributed by atoms with Crippen LogP contribution in [-0.2, 0) is 4.74 Å². The largest absolute Gasteiger partial charge is 0.450 e. The highest BCUT2D eigenvalue weighted by Gasteiger charge is 2.12. The summed E-state index contributed by atoms with van der Waals surface area (Å²) in [5.74, 6) is 0. The zero-order chi connectivity index (χ0) is 14.4. The fourth-order valence-corrected chi connectivity index (χ4v) is 2.23. The highest BCUT2D eigenvalue weighted by atomic mass is 16.5. The number of unbranched alkanes of at least 4 members (excludes halogenated alkanes) is 1. The van der Waals surface area contributed by atoms with Crippen molar-refractivity contribution in [2.24, 2.45) is 0 Å². The maximum absolute atomic E-state index is 11.7. The number of carbonyl (C=O) groups excluding carboxylic acids is 1. The van der Waals surface area contributed by atoms with Crippen LogP contribution in [0.15, 0.2) is 42.5 Å². The number of hydrogen-bond acceptors (Lipinski definition) is 2. The summed E-state index contributed by atoms with van der Waals surface area (Å²) in [6.45, 7) is 4.52. The zero-order valence-electron chi connectivity index (χ0n) is 12.1. The first-order valence-electron chi connectivity index (χ1n) is 7.13. The minimum atomic E-state index is -0.348. The first-order chi connectivity index (χ1) is 9.72. The number of fused-ring (bicyclic) bond motifs is 1. The molecule has 1 N–H and O–H groups in total. The van der Waals surface area contributed by atoms with Gasteiger partial charge in [-0.05, 0) is 29.7 Å². The van der Waals surface area contributed by atoms with Crippen molar-refractivity contribution in [1.82, 2.24) is 5.32 Å². The quantitative estimate of drug-likeness (QED) is 0.817. The van der Waals surface area contributed by atoms with Crippen molar-refractivity contribution in [3.8, 4) is 0 Å². The Morgan fingerprint density at radius 2 is 1.95 bits per heavy atom. The molecule has 2 rings (SSSR count). The van der Waals surface area contributed by atoms with Gasteiger partial charge in [-0.15, -0.1) is 0 Å². The monoisotopic (exact) mass is 271 g/mol. The molecule has 0 aromatic heterocycles. The summed E-state index contributed by atoms with van der Waals surface area (Å²) in [7, 11) is 0. The minimum Gasteiger partial charge on any atom is -0.450 e. The van der Waals surface area contributed by atoms with E-state index in [2.05, 4.69) is 30.4 Å². The summed E-state index contributed by atoms with van der Waals surface area (Å²) in [5, 5.41) is 5.23. The average molecular weight is 271 g/mol. The van der Waals surface area contributed by atoms with E-state index in [0.717, 1.165) is 23.8 Å². The lowest BCUT2D eigenvalue weighted by atomic mass is 10.00. The first kappa shape index (κ1) is 14.4. The van der Waals surface area contributed by atoms with E-state index >= 15 is 0 Å². The van der Waals surface area contributed by atoms with Crippen LogP contribution in [0.25, 0.3) is 10.8 Å². The summed E-state index contributed by atoms with van der Waals surface area (Å²) in [4.78, 5) is 11.7. The van der Waals surface area contributed by atoms with Gasteiger partial charge in [-0.1, -0.05) is 55.8 Å². The van der Waals surface area contributed by atoms with Crippen LogP contribution < -0.4 is 5.32 Å². The lowest BCUT2D eigenvalue weighted by molar-refractivity contribution is 0.141. The van der Waals surface area contributed by atoms with Crippen molar-refractivity contribution in [2.75, 3.05) is 6.61 Å². The van der Waals surface area contributed by atoms with Gasteiger partial charge in [-0.2, -0.15) is 0 Å². The number of ether oxygens (including phenoxy) is 1. The molecule has 0 saturated carbocycles. The van der Waals surface area contributed by atoms with Crippen LogP contribution >= 0.6 is 0 Å². The van der Waals surface area contributed by atoms with E-state index in [1.807, 2.05) is 31.2 Å². The molecule has 0 unspecified atom stereocenters. The Kier molecular flexibility index (Phi) is 4.99. The molecular formula is C17H21NO2. The molecule has 0 radical (unpaired) electrons. The topological polar surface area (TPSA) is 38.3 Å². The van der Waals surface area contributed by atoms with Crippen LogP contribution in [0.3, 0.4) is 0 Å². The predicted molar refractivity (Wildman–Crippen MR) is 81.8 cm³/mol. The number of nitrogens with one attached hydrogen (secondary N) is 1. The van der Waals surface area contributed by atoms with E-state index in [1.165, 1.54) is 5.39 Å². The Morgan fingerprint density at radius 1 is 1.20 bits per heavy atom. The number of rotatable bonds is 5. The molecular weight excluding hydrogens is 250 g/mol. The molecule has 0 aliphatic heterocycles. The Balaban J connectivity index is 2.07. The molecule has 0 fully saturated rings. The van der Waals surface area contributed by atoms with Gasteiger partial charge in [-0.3, -0.25) is 0 Å². The van der Waals surface area contributed by atoms with Gasteiger partial charge >= 0.3 is 6.09 Å². The molecule has 0 saturated heterocycles. The van der Waals surface area contributed by atoms with Crippen LogP contribution in [0.4, 0.5) is 4.79 Å². The smallest absolute Gasteiger partial charge is 0.407 e. The molecule has 3 heteroatoms. The molecule has 1 amide bonds. The van der Waals surface area contributed by atoms with Gasteiger partial charge < -0.3 is 10.1 Å². The van der Waals surface area contributed by atoms with Crippen molar-refractivity contribution in [3.63, 3.8) is 0 Å². The van der Waals surface area contributed by atoms with Gasteiger partial charge in [0.2, 0.25) is 0 Å².